The highest BCUT2D eigenvalue weighted by atomic mass is 16.5. The van der Waals surface area contributed by atoms with Gasteiger partial charge in [0.05, 0.1) is 0 Å². The first-order chi connectivity index (χ1) is 13.0. The van der Waals surface area contributed by atoms with E-state index in [9.17, 15) is 9.59 Å². The van der Waals surface area contributed by atoms with Gasteiger partial charge in [-0.15, -0.1) is 0 Å². The van der Waals surface area contributed by atoms with Crippen LogP contribution in [0.25, 0.3) is 0 Å². The predicted octanol–water partition coefficient (Wildman–Crippen LogP) is 3.32. The van der Waals surface area contributed by atoms with E-state index in [2.05, 4.69) is 5.32 Å². The molecule has 2 amide bonds. The Morgan fingerprint density at radius 3 is 2.44 bits per heavy atom. The van der Waals surface area contributed by atoms with Crippen LogP contribution >= 0.6 is 0 Å². The van der Waals surface area contributed by atoms with Crippen molar-refractivity contribution in [3.63, 3.8) is 0 Å². The van der Waals surface area contributed by atoms with E-state index in [0.717, 1.165) is 11.1 Å². The molecule has 2 rings (SSSR count). The SMILES string of the molecule is CCNC(=O)[C@H](CC)N(Cc1cccc(C)c1)C(=O)COc1ccccc1. The Kier molecular flexibility index (Phi) is 7.86. The molecule has 5 heteroatoms. The van der Waals surface area contributed by atoms with Crippen LogP contribution in [0.5, 0.6) is 5.75 Å². The van der Waals surface area contributed by atoms with Gasteiger partial charge in [0, 0.05) is 13.1 Å². The molecule has 0 saturated carbocycles. The van der Waals surface area contributed by atoms with Gasteiger partial charge in [0.15, 0.2) is 6.61 Å². The fourth-order valence-corrected chi connectivity index (χ4v) is 2.96. The highest BCUT2D eigenvalue weighted by molar-refractivity contribution is 5.88. The second-order valence-corrected chi connectivity index (χ2v) is 6.43. The van der Waals surface area contributed by atoms with Crippen molar-refractivity contribution in [2.45, 2.75) is 39.8 Å². The normalized spacial score (nSPS) is 11.5. The number of rotatable bonds is 9. The summed E-state index contributed by atoms with van der Waals surface area (Å²) in [5.41, 5.74) is 2.11. The van der Waals surface area contributed by atoms with E-state index in [1.807, 2.05) is 63.2 Å². The Morgan fingerprint density at radius 2 is 1.81 bits per heavy atom. The van der Waals surface area contributed by atoms with Crippen molar-refractivity contribution in [1.29, 1.82) is 0 Å². The molecule has 0 unspecified atom stereocenters. The summed E-state index contributed by atoms with van der Waals surface area (Å²) in [6.07, 6.45) is 0.536. The number of nitrogens with one attached hydrogen (secondary N) is 1. The maximum Gasteiger partial charge on any atom is 0.261 e. The van der Waals surface area contributed by atoms with Gasteiger partial charge in [0.2, 0.25) is 5.91 Å². The minimum absolute atomic E-state index is 0.105. The molecule has 2 aromatic carbocycles. The summed E-state index contributed by atoms with van der Waals surface area (Å²) >= 11 is 0. The van der Waals surface area contributed by atoms with Crippen LogP contribution in [0, 0.1) is 6.92 Å². The maximum atomic E-state index is 12.9. The molecule has 0 spiro atoms. The molecule has 1 N–H and O–H groups in total. The lowest BCUT2D eigenvalue weighted by molar-refractivity contribution is -0.142. The van der Waals surface area contributed by atoms with Gasteiger partial charge in [-0.2, -0.15) is 0 Å². The molecule has 0 saturated heterocycles. The summed E-state index contributed by atoms with van der Waals surface area (Å²) in [6.45, 7) is 6.59. The number of likely N-dealkylation sites (N-methyl/N-ethyl adjacent to an activating group) is 1. The fraction of sp³-hybridized carbons (Fsp3) is 0.364. The molecule has 144 valence electrons. The number of amides is 2. The monoisotopic (exact) mass is 368 g/mol. The molecule has 0 radical (unpaired) electrons. The Bertz CT molecular complexity index is 746. The van der Waals surface area contributed by atoms with Gasteiger partial charge in [-0.1, -0.05) is 55.0 Å². The lowest BCUT2D eigenvalue weighted by Crippen LogP contribution is -2.50. The van der Waals surface area contributed by atoms with E-state index in [1.165, 1.54) is 0 Å². The standard InChI is InChI=1S/C22H28N2O3/c1-4-20(22(26)23-5-2)24(15-18-11-9-10-17(3)14-18)21(25)16-27-19-12-7-6-8-13-19/h6-14,20H,4-5,15-16H2,1-3H3,(H,23,26)/t20-/m0/s1. The zero-order chi connectivity index (χ0) is 19.6. The summed E-state index contributed by atoms with van der Waals surface area (Å²) in [5.74, 6) is 0.284. The number of carbonyl (C=O) groups excluding carboxylic acids is 2. The number of benzene rings is 2. The van der Waals surface area contributed by atoms with E-state index in [0.29, 0.717) is 25.3 Å². The smallest absolute Gasteiger partial charge is 0.261 e. The third-order valence-electron chi connectivity index (χ3n) is 4.28. The average Bonchev–Trinajstić information content (AvgIpc) is 2.67. The molecule has 0 aliphatic carbocycles. The Balaban J connectivity index is 2.18. The number of hydrogen-bond acceptors (Lipinski definition) is 3. The summed E-state index contributed by atoms with van der Waals surface area (Å²) < 4.78 is 5.62. The van der Waals surface area contributed by atoms with E-state index in [4.69, 9.17) is 4.74 Å². The Labute approximate surface area is 161 Å². The van der Waals surface area contributed by atoms with Crippen molar-refractivity contribution in [2.75, 3.05) is 13.2 Å². The molecule has 0 fully saturated rings. The van der Waals surface area contributed by atoms with Gasteiger partial charge in [0.1, 0.15) is 11.8 Å². The van der Waals surface area contributed by atoms with Crippen LogP contribution in [0.1, 0.15) is 31.4 Å². The molecular formula is C22H28N2O3. The molecule has 0 bridgehead atoms. The van der Waals surface area contributed by atoms with Crippen LogP contribution in [-0.2, 0) is 16.1 Å². The summed E-state index contributed by atoms with van der Waals surface area (Å²) in [4.78, 5) is 27.1. The van der Waals surface area contributed by atoms with Gasteiger partial charge in [-0.25, -0.2) is 0 Å². The van der Waals surface area contributed by atoms with Gasteiger partial charge in [0.25, 0.3) is 5.91 Å². The molecule has 0 aromatic heterocycles. The van der Waals surface area contributed by atoms with Crippen LogP contribution in [0.2, 0.25) is 0 Å². The van der Waals surface area contributed by atoms with Crippen molar-refractivity contribution in [1.82, 2.24) is 10.2 Å². The Morgan fingerprint density at radius 1 is 1.07 bits per heavy atom. The molecule has 2 aromatic rings. The lowest BCUT2D eigenvalue weighted by Gasteiger charge is -2.30. The zero-order valence-electron chi connectivity index (χ0n) is 16.3. The predicted molar refractivity (Wildman–Crippen MR) is 106 cm³/mol. The van der Waals surface area contributed by atoms with E-state index >= 15 is 0 Å². The maximum absolute atomic E-state index is 12.9. The second kappa shape index (κ2) is 10.4. The number of ether oxygens (including phenoxy) is 1. The first-order valence-corrected chi connectivity index (χ1v) is 9.35. The van der Waals surface area contributed by atoms with Crippen molar-refractivity contribution >= 4 is 11.8 Å². The van der Waals surface area contributed by atoms with Crippen LogP contribution in [0.4, 0.5) is 0 Å². The van der Waals surface area contributed by atoms with E-state index in [-0.39, 0.29) is 18.4 Å². The van der Waals surface area contributed by atoms with Crippen molar-refractivity contribution in [3.05, 3.63) is 65.7 Å². The lowest BCUT2D eigenvalue weighted by atomic mass is 10.1. The average molecular weight is 368 g/mol. The van der Waals surface area contributed by atoms with Crippen LogP contribution in [0.15, 0.2) is 54.6 Å². The molecule has 27 heavy (non-hydrogen) atoms. The minimum Gasteiger partial charge on any atom is -0.484 e. The third kappa shape index (κ3) is 6.13. The van der Waals surface area contributed by atoms with Crippen molar-refractivity contribution in [2.24, 2.45) is 0 Å². The van der Waals surface area contributed by atoms with Crippen LogP contribution in [-0.4, -0.2) is 35.9 Å². The zero-order valence-corrected chi connectivity index (χ0v) is 16.3. The van der Waals surface area contributed by atoms with Crippen molar-refractivity contribution in [3.8, 4) is 5.75 Å². The molecule has 0 aliphatic heterocycles. The number of carbonyl (C=O) groups is 2. The summed E-state index contributed by atoms with van der Waals surface area (Å²) in [7, 11) is 0. The summed E-state index contributed by atoms with van der Waals surface area (Å²) in [5, 5.41) is 2.83. The van der Waals surface area contributed by atoms with Crippen LogP contribution in [0.3, 0.4) is 0 Å². The quantitative estimate of drug-likeness (QED) is 0.739. The van der Waals surface area contributed by atoms with Gasteiger partial charge < -0.3 is 15.0 Å². The molecular weight excluding hydrogens is 340 g/mol. The molecule has 1 atom stereocenters. The van der Waals surface area contributed by atoms with Crippen LogP contribution < -0.4 is 10.1 Å². The highest BCUT2D eigenvalue weighted by Crippen LogP contribution is 2.15. The van der Waals surface area contributed by atoms with Gasteiger partial charge >= 0.3 is 0 Å². The minimum atomic E-state index is -0.530. The fourth-order valence-electron chi connectivity index (χ4n) is 2.96. The number of para-hydroxylation sites is 1. The second-order valence-electron chi connectivity index (χ2n) is 6.43. The number of aryl methyl sites for hydroxylation is 1. The third-order valence-corrected chi connectivity index (χ3v) is 4.28. The number of hydrogen-bond donors (Lipinski definition) is 1. The molecule has 0 aliphatic rings. The summed E-state index contributed by atoms with van der Waals surface area (Å²) in [6, 6.07) is 16.6. The van der Waals surface area contributed by atoms with Crippen molar-refractivity contribution < 1.29 is 14.3 Å². The first-order valence-electron chi connectivity index (χ1n) is 9.35. The van der Waals surface area contributed by atoms with E-state index < -0.39 is 6.04 Å². The van der Waals surface area contributed by atoms with E-state index in [1.54, 1.807) is 17.0 Å². The molecule has 5 nitrogen and oxygen atoms in total. The first kappa shape index (κ1) is 20.5. The number of nitrogens with zero attached hydrogens (tertiary/aromatic N) is 1. The van der Waals surface area contributed by atoms with Gasteiger partial charge in [-0.05, 0) is 38.0 Å². The largest absolute Gasteiger partial charge is 0.484 e. The topological polar surface area (TPSA) is 58.6 Å². The molecule has 0 heterocycles. The highest BCUT2D eigenvalue weighted by Gasteiger charge is 2.28. The Hall–Kier alpha value is -2.82. The van der Waals surface area contributed by atoms with Gasteiger partial charge in [-0.3, -0.25) is 9.59 Å².